The summed E-state index contributed by atoms with van der Waals surface area (Å²) in [6.45, 7) is 5.44. The van der Waals surface area contributed by atoms with E-state index >= 15 is 0 Å². The Hall–Kier alpha value is -1.70. The molecule has 0 saturated carbocycles. The second-order valence-electron chi connectivity index (χ2n) is 4.62. The van der Waals surface area contributed by atoms with E-state index in [1.807, 2.05) is 13.8 Å². The van der Waals surface area contributed by atoms with Gasteiger partial charge in [-0.2, -0.15) is 0 Å². The molecule has 0 saturated heterocycles. The third-order valence-electron chi connectivity index (χ3n) is 2.88. The van der Waals surface area contributed by atoms with Crippen LogP contribution >= 0.6 is 0 Å². The summed E-state index contributed by atoms with van der Waals surface area (Å²) in [6, 6.07) is 6.78. The Kier molecular flexibility index (Phi) is 5.11. The van der Waals surface area contributed by atoms with Crippen LogP contribution in [0.4, 0.5) is 0 Å². The number of nitrogens with one attached hydrogen (secondary N) is 2. The molecule has 0 aromatic carbocycles. The Labute approximate surface area is 124 Å². The van der Waals surface area contributed by atoms with Gasteiger partial charge >= 0.3 is 0 Å². The van der Waals surface area contributed by atoms with Crippen molar-refractivity contribution >= 4 is 10.0 Å². The normalized spacial score (nSPS) is 11.7. The number of hydrogen-bond donors (Lipinski definition) is 2. The summed E-state index contributed by atoms with van der Waals surface area (Å²) in [7, 11) is -3.63. The van der Waals surface area contributed by atoms with Crippen LogP contribution in [-0.4, -0.2) is 19.9 Å². The maximum absolute atomic E-state index is 12.1. The van der Waals surface area contributed by atoms with Crippen LogP contribution in [0.1, 0.15) is 24.0 Å². The number of furan rings is 1. The number of sulfonamides is 1. The first-order valence-corrected chi connectivity index (χ1v) is 8.20. The molecule has 2 rings (SSSR count). The molecule has 6 nitrogen and oxygen atoms in total. The zero-order valence-corrected chi connectivity index (χ0v) is 12.9. The molecule has 2 heterocycles. The number of hydrogen-bond acceptors (Lipinski definition) is 5. The van der Waals surface area contributed by atoms with E-state index in [9.17, 15) is 8.42 Å². The third-order valence-corrected chi connectivity index (χ3v) is 4.20. The first-order valence-electron chi connectivity index (χ1n) is 6.72. The van der Waals surface area contributed by atoms with E-state index in [-0.39, 0.29) is 11.6 Å². The maximum atomic E-state index is 12.1. The molecule has 0 bridgehead atoms. The van der Waals surface area contributed by atoms with Crippen molar-refractivity contribution in [3.63, 3.8) is 0 Å². The molecule has 0 spiro atoms. The third kappa shape index (κ3) is 4.38. The SMILES string of the molecule is CCNCc1ccc(S(=O)(=O)NCc2ccc(C)o2)nc1. The van der Waals surface area contributed by atoms with Crippen molar-refractivity contribution in [2.75, 3.05) is 6.54 Å². The van der Waals surface area contributed by atoms with Crippen LogP contribution in [0, 0.1) is 6.92 Å². The van der Waals surface area contributed by atoms with Gasteiger partial charge in [-0.05, 0) is 37.2 Å². The quantitative estimate of drug-likeness (QED) is 0.811. The number of rotatable bonds is 7. The highest BCUT2D eigenvalue weighted by atomic mass is 32.2. The van der Waals surface area contributed by atoms with E-state index in [1.165, 1.54) is 6.07 Å². The molecular formula is C14H19N3O3S. The number of aryl methyl sites for hydroxylation is 1. The molecule has 2 aromatic rings. The van der Waals surface area contributed by atoms with E-state index in [4.69, 9.17) is 4.42 Å². The Morgan fingerprint density at radius 2 is 2.00 bits per heavy atom. The molecule has 2 N–H and O–H groups in total. The molecular weight excluding hydrogens is 290 g/mol. The molecule has 7 heteroatoms. The van der Waals surface area contributed by atoms with Crippen LogP contribution in [0.2, 0.25) is 0 Å². The highest BCUT2D eigenvalue weighted by Gasteiger charge is 2.16. The van der Waals surface area contributed by atoms with Crippen molar-refractivity contribution in [3.8, 4) is 0 Å². The largest absolute Gasteiger partial charge is 0.465 e. The summed E-state index contributed by atoms with van der Waals surface area (Å²) >= 11 is 0. The molecule has 2 aromatic heterocycles. The van der Waals surface area contributed by atoms with Crippen LogP contribution in [0.3, 0.4) is 0 Å². The molecule has 0 fully saturated rings. The Bertz CT molecular complexity index is 678. The van der Waals surface area contributed by atoms with Crippen LogP contribution < -0.4 is 10.0 Å². The highest BCUT2D eigenvalue weighted by Crippen LogP contribution is 2.10. The molecule has 0 aliphatic heterocycles. The van der Waals surface area contributed by atoms with Crippen molar-refractivity contribution in [1.29, 1.82) is 0 Å². The molecule has 0 atom stereocenters. The van der Waals surface area contributed by atoms with Crippen molar-refractivity contribution < 1.29 is 12.8 Å². The van der Waals surface area contributed by atoms with Gasteiger partial charge in [0.25, 0.3) is 10.0 Å². The van der Waals surface area contributed by atoms with Crippen molar-refractivity contribution in [3.05, 3.63) is 47.5 Å². The Morgan fingerprint density at radius 3 is 2.57 bits per heavy atom. The van der Waals surface area contributed by atoms with Gasteiger partial charge < -0.3 is 9.73 Å². The van der Waals surface area contributed by atoms with Gasteiger partial charge in [-0.25, -0.2) is 18.1 Å². The smallest absolute Gasteiger partial charge is 0.258 e. The highest BCUT2D eigenvalue weighted by molar-refractivity contribution is 7.89. The number of aromatic nitrogens is 1. The predicted octanol–water partition coefficient (Wildman–Crippen LogP) is 1.57. The molecule has 0 radical (unpaired) electrons. The summed E-state index contributed by atoms with van der Waals surface area (Å²) in [6.07, 6.45) is 1.56. The minimum Gasteiger partial charge on any atom is -0.465 e. The van der Waals surface area contributed by atoms with Gasteiger partial charge in [-0.3, -0.25) is 0 Å². The maximum Gasteiger partial charge on any atom is 0.258 e. The van der Waals surface area contributed by atoms with Gasteiger partial charge in [0.1, 0.15) is 11.5 Å². The van der Waals surface area contributed by atoms with Crippen LogP contribution in [0.5, 0.6) is 0 Å². The minimum absolute atomic E-state index is 0.00558. The number of nitrogens with zero attached hydrogens (tertiary/aromatic N) is 1. The monoisotopic (exact) mass is 309 g/mol. The summed E-state index contributed by atoms with van der Waals surface area (Å²) < 4.78 is 32.0. The minimum atomic E-state index is -3.63. The lowest BCUT2D eigenvalue weighted by Gasteiger charge is -2.06. The fourth-order valence-corrected chi connectivity index (χ4v) is 2.68. The van der Waals surface area contributed by atoms with Crippen molar-refractivity contribution in [2.45, 2.75) is 32.0 Å². The zero-order chi connectivity index (χ0) is 15.3. The standard InChI is InChI=1S/C14H19N3O3S/c1-3-15-8-12-5-7-14(16-9-12)21(18,19)17-10-13-6-4-11(2)20-13/h4-7,9,15,17H,3,8,10H2,1-2H3. The average molecular weight is 309 g/mol. The van der Waals surface area contributed by atoms with Crippen molar-refractivity contribution in [1.82, 2.24) is 15.0 Å². The first kappa shape index (κ1) is 15.7. The van der Waals surface area contributed by atoms with E-state index in [1.54, 1.807) is 24.4 Å². The van der Waals surface area contributed by atoms with Gasteiger partial charge in [0.15, 0.2) is 5.03 Å². The first-order chi connectivity index (χ1) is 10.0. The van der Waals surface area contributed by atoms with Crippen LogP contribution in [0.15, 0.2) is 39.9 Å². The second-order valence-corrected chi connectivity index (χ2v) is 6.34. The lowest BCUT2D eigenvalue weighted by atomic mass is 10.3. The summed E-state index contributed by atoms with van der Waals surface area (Å²) in [5.41, 5.74) is 0.942. The predicted molar refractivity (Wildman–Crippen MR) is 79.1 cm³/mol. The summed E-state index contributed by atoms with van der Waals surface area (Å²) in [4.78, 5) is 4.00. The van der Waals surface area contributed by atoms with E-state index in [2.05, 4.69) is 15.0 Å². The second kappa shape index (κ2) is 6.84. The average Bonchev–Trinajstić information content (AvgIpc) is 2.89. The summed E-state index contributed by atoms with van der Waals surface area (Å²) in [5.74, 6) is 1.31. The molecule has 0 aliphatic rings. The van der Waals surface area contributed by atoms with Gasteiger partial charge in [0.05, 0.1) is 6.54 Å². The molecule has 0 aliphatic carbocycles. The van der Waals surface area contributed by atoms with Crippen molar-refractivity contribution in [2.24, 2.45) is 0 Å². The summed E-state index contributed by atoms with van der Waals surface area (Å²) in [5, 5.41) is 3.16. The molecule has 114 valence electrons. The van der Waals surface area contributed by atoms with Crippen LogP contribution in [-0.2, 0) is 23.1 Å². The van der Waals surface area contributed by atoms with E-state index in [0.717, 1.165) is 17.9 Å². The lowest BCUT2D eigenvalue weighted by molar-refractivity contribution is 0.475. The molecule has 0 unspecified atom stereocenters. The molecule has 21 heavy (non-hydrogen) atoms. The van der Waals surface area contributed by atoms with Gasteiger partial charge in [0, 0.05) is 12.7 Å². The topological polar surface area (TPSA) is 84.2 Å². The Balaban J connectivity index is 2.01. The van der Waals surface area contributed by atoms with E-state index in [0.29, 0.717) is 12.3 Å². The van der Waals surface area contributed by atoms with Crippen LogP contribution in [0.25, 0.3) is 0 Å². The number of pyridine rings is 1. The van der Waals surface area contributed by atoms with Gasteiger partial charge in [-0.1, -0.05) is 13.0 Å². The van der Waals surface area contributed by atoms with E-state index < -0.39 is 10.0 Å². The zero-order valence-electron chi connectivity index (χ0n) is 12.1. The molecule has 0 amide bonds. The van der Waals surface area contributed by atoms with Gasteiger partial charge in [-0.15, -0.1) is 0 Å². The Morgan fingerprint density at radius 1 is 1.19 bits per heavy atom. The van der Waals surface area contributed by atoms with Gasteiger partial charge in [0.2, 0.25) is 0 Å². The fraction of sp³-hybridized carbons (Fsp3) is 0.357. The lowest BCUT2D eigenvalue weighted by Crippen LogP contribution is -2.24. The fourth-order valence-electron chi connectivity index (χ4n) is 1.76.